The van der Waals surface area contributed by atoms with E-state index in [-0.39, 0.29) is 117 Å². The molecule has 0 aromatic heterocycles. The number of carbonyl (C=O) groups excluding carboxylic acids is 10. The van der Waals surface area contributed by atoms with Crippen molar-refractivity contribution in [3.63, 3.8) is 0 Å². The van der Waals surface area contributed by atoms with Gasteiger partial charge in [-0.15, -0.1) is 0 Å². The number of halogens is 3. The molecule has 0 radical (unpaired) electrons. The number of hydrogen-bond acceptors (Lipinski definition) is 20. The van der Waals surface area contributed by atoms with Gasteiger partial charge in [0.2, 0.25) is 0 Å². The van der Waals surface area contributed by atoms with Crippen LogP contribution in [0.4, 0.5) is 13.2 Å². The quantitative estimate of drug-likeness (QED) is 0.0623. The third-order valence-corrected chi connectivity index (χ3v) is 25.9. The van der Waals surface area contributed by atoms with Crippen molar-refractivity contribution in [2.24, 2.45) is 47.3 Å². The van der Waals surface area contributed by atoms with E-state index in [1.54, 1.807) is 55.4 Å². The van der Waals surface area contributed by atoms with Crippen LogP contribution in [0.25, 0.3) is 0 Å². The van der Waals surface area contributed by atoms with Crippen LogP contribution >= 0.6 is 0 Å². The number of ether oxygens (including phenoxy) is 10. The van der Waals surface area contributed by atoms with Crippen LogP contribution in [0.5, 0.6) is 0 Å². The van der Waals surface area contributed by atoms with E-state index in [0.717, 1.165) is 102 Å². The molecule has 12 fully saturated rings. The highest BCUT2D eigenvalue weighted by atomic mass is 19.4. The SMILES string of the molecule is C=C(C)C(=O)OC(C)(C)C.C=C(C)C(=O)OC1(C(C)C)CCCC1.C=C(C)C(=O)OC1(C)CCCC1.C=C(C)C(=O)OC1(C)CCCCC1.C=C(C)C(=O)OC1(C)CCCCCCC1.C=C(C)C(=O)OC1(CC)C2CC3CC(C2)CC1C3.C=C(C)C(=O)OC1(CC)CCCCCCC1.C=C(C)C(=O)OC1C2CC3C(=O)OC1C3C2.C=C(C)C(=O)OCC(F)(F)F. The molecule has 5 atom stereocenters. The average molecular weight is 1760 g/mol. The number of hydrogen-bond donors (Lipinski definition) is 0. The molecule has 0 spiro atoms. The molecule has 708 valence electrons. The van der Waals surface area contributed by atoms with Gasteiger partial charge in [-0.25, -0.2) is 43.2 Å². The first-order valence-electron chi connectivity index (χ1n) is 46.1. The third kappa shape index (κ3) is 37.4. The molecule has 0 amide bonds. The number of carbonyl (C=O) groups is 10. The third-order valence-electron chi connectivity index (χ3n) is 25.9. The lowest BCUT2D eigenvalue weighted by Crippen LogP contribution is -2.59. The van der Waals surface area contributed by atoms with Crippen molar-refractivity contribution < 1.29 is 108 Å². The molecule has 0 aromatic rings. The van der Waals surface area contributed by atoms with Crippen LogP contribution in [0.3, 0.4) is 0 Å². The van der Waals surface area contributed by atoms with Crippen LogP contribution in [-0.4, -0.2) is 124 Å². The molecule has 0 aromatic carbocycles. The first-order valence-corrected chi connectivity index (χ1v) is 46.1. The van der Waals surface area contributed by atoms with E-state index in [0.29, 0.717) is 68.3 Å². The number of rotatable bonds is 20. The summed E-state index contributed by atoms with van der Waals surface area (Å²) in [6.07, 6.45) is 36.0. The van der Waals surface area contributed by atoms with Crippen molar-refractivity contribution in [2.45, 2.75) is 420 Å². The lowest BCUT2D eigenvalue weighted by atomic mass is 9.49. The van der Waals surface area contributed by atoms with Crippen molar-refractivity contribution in [1.82, 2.24) is 0 Å². The molecule has 11 aliphatic carbocycles. The van der Waals surface area contributed by atoms with Crippen molar-refractivity contribution in [3.05, 3.63) is 109 Å². The molecule has 125 heavy (non-hydrogen) atoms. The molecule has 1 heterocycles. The second kappa shape index (κ2) is 50.8. The second-order valence-electron chi connectivity index (χ2n) is 39.6. The highest BCUT2D eigenvalue weighted by Gasteiger charge is 2.64. The van der Waals surface area contributed by atoms with Gasteiger partial charge in [-0.05, 0) is 320 Å². The highest BCUT2D eigenvalue weighted by molar-refractivity contribution is 5.91. The van der Waals surface area contributed by atoms with Gasteiger partial charge >= 0.3 is 65.9 Å². The van der Waals surface area contributed by atoms with Gasteiger partial charge < -0.3 is 47.4 Å². The topological polar surface area (TPSA) is 263 Å². The summed E-state index contributed by atoms with van der Waals surface area (Å²) in [4.78, 5) is 113. The van der Waals surface area contributed by atoms with Gasteiger partial charge in [0.05, 0.1) is 5.92 Å². The maximum atomic E-state index is 12.0. The first-order chi connectivity index (χ1) is 58.0. The van der Waals surface area contributed by atoms with E-state index in [9.17, 15) is 61.1 Å². The number of fused-ring (bicyclic) bond motifs is 1. The largest absolute Gasteiger partial charge is 0.458 e. The fourth-order valence-corrected chi connectivity index (χ4v) is 18.7. The van der Waals surface area contributed by atoms with Crippen molar-refractivity contribution in [3.8, 4) is 0 Å². The summed E-state index contributed by atoms with van der Waals surface area (Å²) in [7, 11) is 0. The molecule has 6 bridgehead atoms. The maximum absolute atomic E-state index is 12.0. The minimum absolute atomic E-state index is 0.0470. The lowest BCUT2D eigenvalue weighted by molar-refractivity contribution is -0.207. The predicted octanol–water partition coefficient (Wildman–Crippen LogP) is 24.3. The normalized spacial score (nSPS) is 25.4. The Morgan fingerprint density at radius 2 is 0.720 bits per heavy atom. The zero-order valence-corrected chi connectivity index (χ0v) is 80.1. The zero-order chi connectivity index (χ0) is 95.0. The summed E-state index contributed by atoms with van der Waals surface area (Å²) >= 11 is 0. The second-order valence-corrected chi connectivity index (χ2v) is 39.6. The molecular formula is C102H159F3O20. The van der Waals surface area contributed by atoms with Crippen LogP contribution in [0.15, 0.2) is 109 Å². The van der Waals surface area contributed by atoms with E-state index in [1.165, 1.54) is 148 Å². The fourth-order valence-electron chi connectivity index (χ4n) is 18.7. The fraction of sp³-hybridized carbons (Fsp3) is 0.725. The highest BCUT2D eigenvalue weighted by Crippen LogP contribution is 2.61. The van der Waals surface area contributed by atoms with Gasteiger partial charge in [0.1, 0.15) is 51.4 Å². The summed E-state index contributed by atoms with van der Waals surface area (Å²) in [5.41, 5.74) is 2.12. The number of alkyl halides is 3. The van der Waals surface area contributed by atoms with Crippen molar-refractivity contribution in [2.75, 3.05) is 6.61 Å². The molecule has 1 aliphatic heterocycles. The molecule has 20 nitrogen and oxygen atoms in total. The maximum Gasteiger partial charge on any atom is 0.422 e. The van der Waals surface area contributed by atoms with E-state index < -0.39 is 24.4 Å². The molecule has 0 N–H and O–H groups in total. The Hall–Kier alpha value is -7.85. The summed E-state index contributed by atoms with van der Waals surface area (Å²) in [6, 6.07) is 0. The Labute approximate surface area is 748 Å². The standard InChI is InChI=1S/C16H24O2.C14H24O2.C13H22O2.C12H14O4.C12H20O2.C11H18O2.C10H16O2.C8H14O2.C6H7F3O2/c1-4-16(18-15(17)10(2)3)13-6-11-5-12(8-13)9-14(16)7-11;1-4-14(16-13(15)12(2)3)10-8-6-5-7-9-11-14;1-11(2)12(14)15-13(3)9-7-5-4-6-8-10-13;1-5(2)11(13)15-9-6-3-7-8(4-6)12(14)16-10(7)9;1-9(2)11(13)14-12(10(3)4)7-5-6-8-12;1-9(2)10(12)13-11(3)7-5-4-6-8-11;1-8(2)9(11)12-10(3)6-4-5-7-10;1-6(2)7(9)10-8(3,4)5;1-4(2)5(10)11-3-6(7,8)9/h11-14H,2,4-9H2,1,3H3;2,4-11H2,1,3H3;1,4-10H2,2-3H3;6-10H,1,3-4H2,2H3;10H,1,5-8H2,2-4H3;1,4-8H2,2-3H3;1,4-7H2,2-3H3;1H2,2-5H3;1,3H2,2H3. The van der Waals surface area contributed by atoms with Gasteiger partial charge in [0.25, 0.3) is 0 Å². The Morgan fingerprint density at radius 3 is 1.05 bits per heavy atom. The van der Waals surface area contributed by atoms with Crippen LogP contribution in [0.1, 0.15) is 363 Å². The van der Waals surface area contributed by atoms with Crippen molar-refractivity contribution >= 4 is 59.7 Å². The average Bonchev–Trinajstić information content (AvgIpc) is 1.58. The van der Waals surface area contributed by atoms with Gasteiger partial charge in [-0.3, -0.25) is 4.79 Å². The summed E-state index contributed by atoms with van der Waals surface area (Å²) < 4.78 is 87.1. The molecule has 12 aliphatic rings. The molecule has 5 unspecified atom stereocenters. The molecule has 23 heteroatoms. The van der Waals surface area contributed by atoms with Gasteiger partial charge in [-0.1, -0.05) is 132 Å². The lowest BCUT2D eigenvalue weighted by Gasteiger charge is -2.60. The Bertz CT molecular complexity index is 3700. The predicted molar refractivity (Wildman–Crippen MR) is 483 cm³/mol. The van der Waals surface area contributed by atoms with Crippen LogP contribution in [-0.2, 0) is 95.3 Å². The van der Waals surface area contributed by atoms with E-state index in [4.69, 9.17) is 42.6 Å². The molecule has 11 saturated carbocycles. The molecule has 12 rings (SSSR count). The summed E-state index contributed by atoms with van der Waals surface area (Å²) in [5, 5.41) is 0. The van der Waals surface area contributed by atoms with E-state index >= 15 is 0 Å². The monoisotopic (exact) mass is 1760 g/mol. The van der Waals surface area contributed by atoms with Crippen LogP contribution in [0, 0.1) is 47.3 Å². The Balaban J connectivity index is 0.000000365. The van der Waals surface area contributed by atoms with E-state index in [1.807, 2.05) is 34.6 Å². The Kier molecular flexibility index (Phi) is 45.2. The zero-order valence-electron chi connectivity index (χ0n) is 80.1. The smallest absolute Gasteiger partial charge is 0.422 e. The van der Waals surface area contributed by atoms with Gasteiger partial charge in [0, 0.05) is 62.0 Å². The molecule has 1 saturated heterocycles. The van der Waals surface area contributed by atoms with Crippen LogP contribution in [0.2, 0.25) is 0 Å². The Morgan fingerprint density at radius 1 is 0.400 bits per heavy atom. The summed E-state index contributed by atoms with van der Waals surface area (Å²) in [6.45, 7) is 65.2. The minimum Gasteiger partial charge on any atom is -0.458 e. The minimum atomic E-state index is -4.47. The summed E-state index contributed by atoms with van der Waals surface area (Å²) in [5.74, 6) is 0.890. The molecular weight excluding hydrogens is 1600 g/mol. The van der Waals surface area contributed by atoms with Gasteiger partial charge in [-0.2, -0.15) is 13.2 Å². The van der Waals surface area contributed by atoms with Gasteiger partial charge in [0.15, 0.2) is 6.61 Å². The first kappa shape index (κ1) is 111. The van der Waals surface area contributed by atoms with E-state index in [2.05, 4.69) is 98.6 Å². The van der Waals surface area contributed by atoms with Crippen molar-refractivity contribution in [1.29, 1.82) is 0 Å². The van der Waals surface area contributed by atoms with Crippen LogP contribution < -0.4 is 0 Å². The number of esters is 10.